The number of hydrogen-bond acceptors (Lipinski definition) is 8. The summed E-state index contributed by atoms with van der Waals surface area (Å²) in [6.07, 6.45) is 2.25. The number of nitrogens with one attached hydrogen (secondary N) is 1. The van der Waals surface area contributed by atoms with Crippen LogP contribution in [-0.2, 0) is 0 Å². The Morgan fingerprint density at radius 3 is 2.62 bits per heavy atom. The van der Waals surface area contributed by atoms with Crippen LogP contribution in [0.1, 0.15) is 25.9 Å². The molecule has 9 nitrogen and oxygen atoms in total. The number of carbonyl (C=O) groups excluding carboxylic acids is 1. The minimum atomic E-state index is -3.12. The van der Waals surface area contributed by atoms with Crippen LogP contribution in [0.2, 0.25) is 5.15 Å². The molecule has 0 saturated heterocycles. The molecule has 0 radical (unpaired) electrons. The van der Waals surface area contributed by atoms with Crippen molar-refractivity contribution in [1.29, 1.82) is 0 Å². The molecule has 29 heavy (non-hydrogen) atoms. The van der Waals surface area contributed by atoms with Gasteiger partial charge in [-0.25, -0.2) is 9.78 Å². The molecule has 150 valence electrons. The predicted molar refractivity (Wildman–Crippen MR) is 98.7 cm³/mol. The number of rotatable bonds is 6. The summed E-state index contributed by atoms with van der Waals surface area (Å²) < 4.78 is 30.0. The highest BCUT2D eigenvalue weighted by Gasteiger charge is 2.21. The van der Waals surface area contributed by atoms with E-state index in [9.17, 15) is 18.4 Å². The molecule has 0 spiro atoms. The molecule has 2 N–H and O–H groups in total. The molecule has 0 bridgehead atoms. The highest BCUT2D eigenvalue weighted by Crippen LogP contribution is 2.35. The lowest BCUT2D eigenvalue weighted by atomic mass is 10.0. The lowest BCUT2D eigenvalue weighted by Gasteiger charge is -2.14. The number of nitrogens with zero attached hydrogens (tertiary/aromatic N) is 4. The summed E-state index contributed by atoms with van der Waals surface area (Å²) in [4.78, 5) is 31.4. The standard InChI is InChI=1S/C16H10ClF2N5O4S/c1-6-2-7(8-3-11(17)21-5-10(8)28-15(18)19)9(4-20-6)12(25)22-16-24-23-13(29-16)14(26)27/h2-5,15H,1H3,(H,26,27)(H,22,24,25). The number of aromatic carboxylic acids is 1. The van der Waals surface area contributed by atoms with Crippen LogP contribution in [0.5, 0.6) is 5.75 Å². The third-order valence-electron chi connectivity index (χ3n) is 3.45. The van der Waals surface area contributed by atoms with E-state index in [1.54, 1.807) is 6.92 Å². The van der Waals surface area contributed by atoms with Crippen molar-refractivity contribution >= 4 is 39.9 Å². The summed E-state index contributed by atoms with van der Waals surface area (Å²) in [6.45, 7) is -1.47. The van der Waals surface area contributed by atoms with Gasteiger partial charge in [-0.15, -0.1) is 10.2 Å². The molecule has 0 aromatic carbocycles. The molecule has 13 heteroatoms. The van der Waals surface area contributed by atoms with Crippen LogP contribution in [0, 0.1) is 6.92 Å². The van der Waals surface area contributed by atoms with Crippen molar-refractivity contribution in [2.24, 2.45) is 0 Å². The van der Waals surface area contributed by atoms with Gasteiger partial charge in [0.05, 0.1) is 11.8 Å². The van der Waals surface area contributed by atoms with Crippen LogP contribution in [0.15, 0.2) is 24.5 Å². The van der Waals surface area contributed by atoms with Crippen molar-refractivity contribution in [3.8, 4) is 16.9 Å². The summed E-state index contributed by atoms with van der Waals surface area (Å²) >= 11 is 6.55. The Labute approximate surface area is 170 Å². The summed E-state index contributed by atoms with van der Waals surface area (Å²) in [5.74, 6) is -2.29. The maximum Gasteiger partial charge on any atom is 0.387 e. The van der Waals surface area contributed by atoms with Gasteiger partial charge in [-0.05, 0) is 19.1 Å². The first-order valence-corrected chi connectivity index (χ1v) is 8.89. The van der Waals surface area contributed by atoms with E-state index >= 15 is 0 Å². The van der Waals surface area contributed by atoms with Crippen LogP contribution in [0.25, 0.3) is 11.1 Å². The number of carboxylic acid groups (broad SMARTS) is 1. The zero-order valence-corrected chi connectivity index (χ0v) is 16.0. The number of pyridine rings is 2. The van der Waals surface area contributed by atoms with Crippen LogP contribution >= 0.6 is 22.9 Å². The second-order valence-corrected chi connectivity index (χ2v) is 6.79. The molecule has 3 aromatic heterocycles. The number of ether oxygens (including phenoxy) is 1. The number of amides is 1. The molecule has 0 aliphatic rings. The summed E-state index contributed by atoms with van der Waals surface area (Å²) in [6, 6.07) is 2.76. The third-order valence-corrected chi connectivity index (χ3v) is 4.49. The van der Waals surface area contributed by atoms with E-state index in [4.69, 9.17) is 16.7 Å². The molecule has 3 aromatic rings. The highest BCUT2D eigenvalue weighted by molar-refractivity contribution is 7.17. The Morgan fingerprint density at radius 2 is 1.97 bits per heavy atom. The normalized spacial score (nSPS) is 10.8. The zero-order valence-electron chi connectivity index (χ0n) is 14.4. The van der Waals surface area contributed by atoms with Crippen LogP contribution < -0.4 is 10.1 Å². The van der Waals surface area contributed by atoms with Gasteiger partial charge >= 0.3 is 12.6 Å². The average molecular weight is 442 g/mol. The van der Waals surface area contributed by atoms with E-state index in [0.717, 1.165) is 6.20 Å². The molecular weight excluding hydrogens is 432 g/mol. The summed E-state index contributed by atoms with van der Waals surface area (Å²) in [5.41, 5.74) is 0.794. The number of aryl methyl sites for hydroxylation is 1. The maximum atomic E-state index is 12.8. The molecule has 0 fully saturated rings. The number of carboxylic acids is 1. The molecule has 0 saturated carbocycles. The van der Waals surface area contributed by atoms with Gasteiger partial charge in [0.1, 0.15) is 5.15 Å². The summed E-state index contributed by atoms with van der Waals surface area (Å²) in [5, 5.41) is 17.9. The lowest BCUT2D eigenvalue weighted by molar-refractivity contribution is -0.0496. The first kappa shape index (κ1) is 20.5. The SMILES string of the molecule is Cc1cc(-c2cc(Cl)ncc2OC(F)F)c(C(=O)Nc2nnc(C(=O)O)s2)cn1. The number of carbonyl (C=O) groups is 2. The number of hydrogen-bond donors (Lipinski definition) is 2. The van der Waals surface area contributed by atoms with Gasteiger partial charge in [0.25, 0.3) is 5.91 Å². The monoisotopic (exact) mass is 441 g/mol. The highest BCUT2D eigenvalue weighted by atomic mass is 35.5. The van der Waals surface area contributed by atoms with Gasteiger partial charge in [-0.3, -0.25) is 15.1 Å². The van der Waals surface area contributed by atoms with Crippen molar-refractivity contribution in [2.75, 3.05) is 5.32 Å². The van der Waals surface area contributed by atoms with Crippen LogP contribution in [0.4, 0.5) is 13.9 Å². The van der Waals surface area contributed by atoms with E-state index in [2.05, 4.69) is 30.2 Å². The average Bonchev–Trinajstić information content (AvgIpc) is 3.11. The van der Waals surface area contributed by atoms with E-state index in [1.165, 1.54) is 18.3 Å². The van der Waals surface area contributed by atoms with Crippen LogP contribution in [-0.4, -0.2) is 43.8 Å². The topological polar surface area (TPSA) is 127 Å². The fourth-order valence-electron chi connectivity index (χ4n) is 2.31. The minimum Gasteiger partial charge on any atom is -0.476 e. The molecular formula is C16H10ClF2N5O4S. The fourth-order valence-corrected chi connectivity index (χ4v) is 3.04. The van der Waals surface area contributed by atoms with Crippen molar-refractivity contribution in [3.05, 3.63) is 45.9 Å². The lowest BCUT2D eigenvalue weighted by Crippen LogP contribution is -2.14. The molecule has 3 heterocycles. The van der Waals surface area contributed by atoms with Gasteiger partial charge in [-0.2, -0.15) is 8.78 Å². The van der Waals surface area contributed by atoms with Crippen molar-refractivity contribution in [2.45, 2.75) is 13.5 Å². The Kier molecular flexibility index (Phi) is 5.94. The van der Waals surface area contributed by atoms with Crippen molar-refractivity contribution < 1.29 is 28.2 Å². The van der Waals surface area contributed by atoms with Gasteiger partial charge < -0.3 is 9.84 Å². The second kappa shape index (κ2) is 8.41. The van der Waals surface area contributed by atoms with E-state index in [-0.39, 0.29) is 37.7 Å². The number of aromatic nitrogens is 4. The van der Waals surface area contributed by atoms with Gasteiger partial charge in [0.15, 0.2) is 5.75 Å². The molecule has 0 aliphatic heterocycles. The van der Waals surface area contributed by atoms with Gasteiger partial charge in [0, 0.05) is 23.0 Å². The smallest absolute Gasteiger partial charge is 0.387 e. The van der Waals surface area contributed by atoms with E-state index < -0.39 is 18.5 Å². The van der Waals surface area contributed by atoms with E-state index in [1.807, 2.05) is 0 Å². The Bertz CT molecular complexity index is 1090. The molecule has 0 aliphatic carbocycles. The Morgan fingerprint density at radius 1 is 1.21 bits per heavy atom. The summed E-state index contributed by atoms with van der Waals surface area (Å²) in [7, 11) is 0. The second-order valence-electron chi connectivity index (χ2n) is 5.42. The Hall–Kier alpha value is -3.25. The molecule has 3 rings (SSSR count). The number of anilines is 1. The Balaban J connectivity index is 2.03. The minimum absolute atomic E-state index is 0.00216. The van der Waals surface area contributed by atoms with Crippen molar-refractivity contribution in [1.82, 2.24) is 20.2 Å². The predicted octanol–water partition coefficient (Wildman–Crippen LogP) is 3.51. The number of alkyl halides is 2. The quantitative estimate of drug-likeness (QED) is 0.556. The number of halogens is 3. The largest absolute Gasteiger partial charge is 0.476 e. The van der Waals surface area contributed by atoms with Crippen LogP contribution in [0.3, 0.4) is 0 Å². The van der Waals surface area contributed by atoms with Gasteiger partial charge in [-0.1, -0.05) is 22.9 Å². The molecule has 0 unspecified atom stereocenters. The van der Waals surface area contributed by atoms with Crippen molar-refractivity contribution in [3.63, 3.8) is 0 Å². The first-order valence-electron chi connectivity index (χ1n) is 7.70. The molecule has 0 atom stereocenters. The molecule has 1 amide bonds. The third kappa shape index (κ3) is 4.78. The zero-order chi connectivity index (χ0) is 21.1. The maximum absolute atomic E-state index is 12.8. The van der Waals surface area contributed by atoms with Gasteiger partial charge in [0.2, 0.25) is 10.1 Å². The first-order chi connectivity index (χ1) is 13.7. The fraction of sp³-hybridized carbons (Fsp3) is 0.125. The van der Waals surface area contributed by atoms with E-state index in [0.29, 0.717) is 17.0 Å².